The van der Waals surface area contributed by atoms with Gasteiger partial charge in [-0.25, -0.2) is 4.79 Å². The highest BCUT2D eigenvalue weighted by Gasteiger charge is 2.36. The maximum absolute atomic E-state index is 10.8. The van der Waals surface area contributed by atoms with Crippen molar-refractivity contribution in [3.05, 3.63) is 34.9 Å². The Labute approximate surface area is 82.6 Å². The van der Waals surface area contributed by atoms with E-state index in [0.717, 1.165) is 5.92 Å². The number of carboxylic acid groups (broad SMARTS) is 1. The minimum Gasteiger partial charge on any atom is -0.478 e. The van der Waals surface area contributed by atoms with Crippen molar-refractivity contribution >= 4 is 5.97 Å². The lowest BCUT2D eigenvalue weighted by Gasteiger charge is -2.14. The lowest BCUT2D eigenvalue weighted by Crippen LogP contribution is -2.02. The molecule has 2 aliphatic rings. The van der Waals surface area contributed by atoms with Crippen LogP contribution in [0.25, 0.3) is 0 Å². The molecule has 14 heavy (non-hydrogen) atoms. The van der Waals surface area contributed by atoms with Crippen molar-refractivity contribution in [2.45, 2.75) is 31.1 Å². The second-order valence-electron chi connectivity index (χ2n) is 4.36. The van der Waals surface area contributed by atoms with E-state index < -0.39 is 5.97 Å². The first-order chi connectivity index (χ1) is 6.75. The summed E-state index contributed by atoms with van der Waals surface area (Å²) in [7, 11) is 0. The molecule has 2 heteroatoms. The Morgan fingerprint density at radius 1 is 1.21 bits per heavy atom. The summed E-state index contributed by atoms with van der Waals surface area (Å²) in [6.07, 6.45) is 3.79. The predicted molar refractivity (Wildman–Crippen MR) is 52.7 cm³/mol. The summed E-state index contributed by atoms with van der Waals surface area (Å²) >= 11 is 0. The Balaban J connectivity index is 2.12. The first-order valence-corrected chi connectivity index (χ1v) is 5.13. The van der Waals surface area contributed by atoms with Gasteiger partial charge in [0.1, 0.15) is 0 Å². The monoisotopic (exact) mass is 188 g/mol. The van der Waals surface area contributed by atoms with Crippen LogP contribution in [0.2, 0.25) is 0 Å². The van der Waals surface area contributed by atoms with Crippen LogP contribution >= 0.6 is 0 Å². The summed E-state index contributed by atoms with van der Waals surface area (Å²) in [4.78, 5) is 10.8. The second kappa shape index (κ2) is 2.59. The van der Waals surface area contributed by atoms with Crippen LogP contribution < -0.4 is 0 Å². The zero-order valence-electron chi connectivity index (χ0n) is 7.86. The van der Waals surface area contributed by atoms with Gasteiger partial charge in [-0.3, -0.25) is 0 Å². The molecule has 0 unspecified atom stereocenters. The third-order valence-electron chi connectivity index (χ3n) is 3.65. The van der Waals surface area contributed by atoms with Crippen LogP contribution in [0.4, 0.5) is 0 Å². The number of carbonyl (C=O) groups is 1. The SMILES string of the molecule is O=C(O)c1ccc2c(c1)[C@H]1CC[C@@H]2C1. The number of carboxylic acids is 1. The van der Waals surface area contributed by atoms with E-state index >= 15 is 0 Å². The fraction of sp³-hybridized carbons (Fsp3) is 0.417. The molecule has 2 aliphatic carbocycles. The Hall–Kier alpha value is -1.31. The molecule has 0 aliphatic heterocycles. The lowest BCUT2D eigenvalue weighted by molar-refractivity contribution is 0.0696. The van der Waals surface area contributed by atoms with Crippen LogP contribution in [0.15, 0.2) is 18.2 Å². The fourth-order valence-electron chi connectivity index (χ4n) is 2.98. The summed E-state index contributed by atoms with van der Waals surface area (Å²) in [5, 5.41) is 8.89. The number of hydrogen-bond acceptors (Lipinski definition) is 1. The molecule has 2 nitrogen and oxygen atoms in total. The van der Waals surface area contributed by atoms with Gasteiger partial charge < -0.3 is 5.11 Å². The highest BCUT2D eigenvalue weighted by atomic mass is 16.4. The van der Waals surface area contributed by atoms with Gasteiger partial charge in [-0.1, -0.05) is 6.07 Å². The summed E-state index contributed by atoms with van der Waals surface area (Å²) in [6, 6.07) is 5.63. The van der Waals surface area contributed by atoms with E-state index in [4.69, 9.17) is 5.11 Å². The van der Waals surface area contributed by atoms with Crippen molar-refractivity contribution in [1.29, 1.82) is 0 Å². The molecule has 0 spiro atoms. The third kappa shape index (κ3) is 0.939. The molecule has 3 rings (SSSR count). The van der Waals surface area contributed by atoms with Crippen LogP contribution in [0, 0.1) is 0 Å². The number of rotatable bonds is 1. The topological polar surface area (TPSA) is 37.3 Å². The standard InChI is InChI=1S/C12H12O2/c13-12(14)9-3-4-10-7-1-2-8(5-7)11(10)6-9/h3-4,6-8H,1-2,5H2,(H,13,14)/t7-,8+/m1/s1. The van der Waals surface area contributed by atoms with Crippen LogP contribution in [0.3, 0.4) is 0 Å². The van der Waals surface area contributed by atoms with Gasteiger partial charge >= 0.3 is 5.97 Å². The molecule has 72 valence electrons. The lowest BCUT2D eigenvalue weighted by atomic mass is 9.90. The van der Waals surface area contributed by atoms with Gasteiger partial charge in [0.2, 0.25) is 0 Å². The number of benzene rings is 1. The van der Waals surface area contributed by atoms with E-state index in [-0.39, 0.29) is 0 Å². The van der Waals surface area contributed by atoms with Gasteiger partial charge in [-0.15, -0.1) is 0 Å². The number of hydrogen-bond donors (Lipinski definition) is 1. The van der Waals surface area contributed by atoms with Crippen LogP contribution in [-0.4, -0.2) is 11.1 Å². The zero-order valence-corrected chi connectivity index (χ0v) is 7.86. The molecule has 0 amide bonds. The quantitative estimate of drug-likeness (QED) is 0.735. The molecule has 0 saturated heterocycles. The van der Waals surface area contributed by atoms with Gasteiger partial charge in [-0.2, -0.15) is 0 Å². The van der Waals surface area contributed by atoms with E-state index in [1.807, 2.05) is 12.1 Å². The smallest absolute Gasteiger partial charge is 0.335 e. The molecule has 0 heterocycles. The zero-order chi connectivity index (χ0) is 9.71. The van der Waals surface area contributed by atoms with Crippen LogP contribution in [-0.2, 0) is 0 Å². The van der Waals surface area contributed by atoms with Crippen molar-refractivity contribution in [2.75, 3.05) is 0 Å². The molecule has 2 bridgehead atoms. The summed E-state index contributed by atoms with van der Waals surface area (Å²) in [6.45, 7) is 0. The predicted octanol–water partition coefficient (Wildman–Crippen LogP) is 2.75. The van der Waals surface area contributed by atoms with Crippen molar-refractivity contribution in [3.8, 4) is 0 Å². The number of fused-ring (bicyclic) bond motifs is 5. The third-order valence-corrected chi connectivity index (χ3v) is 3.65. The molecule has 1 saturated carbocycles. The van der Waals surface area contributed by atoms with E-state index in [1.165, 1.54) is 30.4 Å². The Morgan fingerprint density at radius 3 is 2.64 bits per heavy atom. The minimum atomic E-state index is -0.810. The molecule has 0 radical (unpaired) electrons. The molecule has 1 aromatic carbocycles. The van der Waals surface area contributed by atoms with Crippen molar-refractivity contribution in [1.82, 2.24) is 0 Å². The summed E-state index contributed by atoms with van der Waals surface area (Å²) in [5.41, 5.74) is 3.16. The van der Waals surface area contributed by atoms with E-state index in [2.05, 4.69) is 0 Å². The molecular formula is C12H12O2. The average molecular weight is 188 g/mol. The van der Waals surface area contributed by atoms with Crippen LogP contribution in [0.5, 0.6) is 0 Å². The van der Waals surface area contributed by atoms with E-state index in [9.17, 15) is 4.79 Å². The maximum atomic E-state index is 10.8. The Bertz CT molecular complexity index is 409. The fourth-order valence-corrected chi connectivity index (χ4v) is 2.98. The minimum absolute atomic E-state index is 0.441. The highest BCUT2D eigenvalue weighted by molar-refractivity contribution is 5.88. The van der Waals surface area contributed by atoms with Gasteiger partial charge in [0.25, 0.3) is 0 Å². The van der Waals surface area contributed by atoms with E-state index in [1.54, 1.807) is 6.07 Å². The van der Waals surface area contributed by atoms with Crippen molar-refractivity contribution < 1.29 is 9.90 Å². The largest absolute Gasteiger partial charge is 0.478 e. The van der Waals surface area contributed by atoms with Gasteiger partial charge in [-0.05, 0) is 54.4 Å². The normalized spacial score (nSPS) is 27.7. The highest BCUT2D eigenvalue weighted by Crippen LogP contribution is 2.52. The molecule has 1 N–H and O–H groups in total. The molecule has 2 atom stereocenters. The molecule has 0 aromatic heterocycles. The molecule has 1 aromatic rings. The first-order valence-electron chi connectivity index (χ1n) is 5.13. The van der Waals surface area contributed by atoms with Gasteiger partial charge in [0, 0.05) is 0 Å². The maximum Gasteiger partial charge on any atom is 0.335 e. The number of aromatic carboxylic acids is 1. The van der Waals surface area contributed by atoms with Crippen molar-refractivity contribution in [2.24, 2.45) is 0 Å². The second-order valence-corrected chi connectivity index (χ2v) is 4.36. The first kappa shape index (κ1) is 8.04. The molecule has 1 fully saturated rings. The molecular weight excluding hydrogens is 176 g/mol. The Kier molecular flexibility index (Phi) is 1.49. The van der Waals surface area contributed by atoms with Crippen molar-refractivity contribution in [3.63, 3.8) is 0 Å². The van der Waals surface area contributed by atoms with Gasteiger partial charge in [0.15, 0.2) is 0 Å². The van der Waals surface area contributed by atoms with E-state index in [0.29, 0.717) is 11.5 Å². The van der Waals surface area contributed by atoms with Crippen LogP contribution in [0.1, 0.15) is 52.6 Å². The summed E-state index contributed by atoms with van der Waals surface area (Å²) in [5.74, 6) is 0.558. The summed E-state index contributed by atoms with van der Waals surface area (Å²) < 4.78 is 0. The Morgan fingerprint density at radius 2 is 1.93 bits per heavy atom. The van der Waals surface area contributed by atoms with Gasteiger partial charge in [0.05, 0.1) is 5.56 Å². The average Bonchev–Trinajstić information content (AvgIpc) is 2.77.